The summed E-state index contributed by atoms with van der Waals surface area (Å²) in [6, 6.07) is 16.3. The van der Waals surface area contributed by atoms with Crippen molar-refractivity contribution in [2.45, 2.75) is 13.0 Å². The molecule has 3 aromatic rings. The van der Waals surface area contributed by atoms with E-state index in [-0.39, 0.29) is 6.10 Å². The van der Waals surface area contributed by atoms with Gasteiger partial charge in [0.15, 0.2) is 5.82 Å². The highest BCUT2D eigenvalue weighted by Gasteiger charge is 2.23. The number of benzene rings is 1. The van der Waals surface area contributed by atoms with Crippen molar-refractivity contribution in [3.8, 4) is 11.4 Å². The zero-order valence-corrected chi connectivity index (χ0v) is 14.2. The van der Waals surface area contributed by atoms with Crippen LogP contribution in [0.5, 0.6) is 0 Å². The summed E-state index contributed by atoms with van der Waals surface area (Å²) >= 11 is 0. The summed E-state index contributed by atoms with van der Waals surface area (Å²) in [5.74, 6) is 1.68. The Morgan fingerprint density at radius 1 is 1.04 bits per heavy atom. The van der Waals surface area contributed by atoms with Gasteiger partial charge in [-0.05, 0) is 24.6 Å². The third kappa shape index (κ3) is 3.51. The van der Waals surface area contributed by atoms with Gasteiger partial charge < -0.3 is 9.64 Å². The van der Waals surface area contributed by atoms with Crippen molar-refractivity contribution >= 4 is 5.82 Å². The first-order valence-electron chi connectivity index (χ1n) is 8.47. The van der Waals surface area contributed by atoms with Gasteiger partial charge in [-0.1, -0.05) is 30.3 Å². The smallest absolute Gasteiger partial charge is 0.161 e. The Labute approximate surface area is 147 Å². The van der Waals surface area contributed by atoms with Crippen LogP contribution in [0.25, 0.3) is 11.4 Å². The molecule has 0 radical (unpaired) electrons. The van der Waals surface area contributed by atoms with E-state index in [2.05, 4.69) is 27.0 Å². The zero-order valence-electron chi connectivity index (χ0n) is 14.2. The molecule has 4 rings (SSSR count). The highest BCUT2D eigenvalue weighted by atomic mass is 16.5. The third-order valence-electron chi connectivity index (χ3n) is 4.34. The molecule has 1 aliphatic heterocycles. The van der Waals surface area contributed by atoms with Crippen LogP contribution in [0, 0.1) is 6.92 Å². The van der Waals surface area contributed by atoms with E-state index >= 15 is 0 Å². The van der Waals surface area contributed by atoms with E-state index in [1.54, 1.807) is 12.4 Å². The molecule has 5 heteroatoms. The Morgan fingerprint density at radius 3 is 2.64 bits per heavy atom. The highest BCUT2D eigenvalue weighted by Crippen LogP contribution is 2.26. The maximum absolute atomic E-state index is 5.97. The topological polar surface area (TPSA) is 51.1 Å². The number of pyridine rings is 1. The molecule has 3 heterocycles. The van der Waals surface area contributed by atoms with Crippen LogP contribution in [0.3, 0.4) is 0 Å². The van der Waals surface area contributed by atoms with Gasteiger partial charge in [-0.2, -0.15) is 0 Å². The second kappa shape index (κ2) is 6.99. The first-order chi connectivity index (χ1) is 12.3. The molecule has 1 atom stereocenters. The van der Waals surface area contributed by atoms with Crippen molar-refractivity contribution in [3.05, 3.63) is 72.2 Å². The van der Waals surface area contributed by atoms with E-state index in [0.29, 0.717) is 6.61 Å². The van der Waals surface area contributed by atoms with Gasteiger partial charge in [-0.3, -0.25) is 4.98 Å². The molecule has 0 bridgehead atoms. The van der Waals surface area contributed by atoms with Crippen LogP contribution in [0.4, 0.5) is 5.82 Å². The predicted molar refractivity (Wildman–Crippen MR) is 97.3 cm³/mol. The summed E-state index contributed by atoms with van der Waals surface area (Å²) in [5.41, 5.74) is 3.14. The number of aryl methyl sites for hydroxylation is 1. The van der Waals surface area contributed by atoms with Crippen LogP contribution in [-0.2, 0) is 4.74 Å². The van der Waals surface area contributed by atoms with E-state index in [4.69, 9.17) is 9.72 Å². The average molecular weight is 332 g/mol. The van der Waals surface area contributed by atoms with Crippen LogP contribution >= 0.6 is 0 Å². The Kier molecular flexibility index (Phi) is 4.39. The fourth-order valence-electron chi connectivity index (χ4n) is 3.07. The number of rotatable bonds is 3. The van der Waals surface area contributed by atoms with Crippen molar-refractivity contribution in [3.63, 3.8) is 0 Å². The van der Waals surface area contributed by atoms with E-state index in [0.717, 1.165) is 36.0 Å². The predicted octanol–water partition coefficient (Wildman–Crippen LogP) is 3.42. The van der Waals surface area contributed by atoms with Gasteiger partial charge in [-0.25, -0.2) is 9.97 Å². The molecule has 0 N–H and O–H groups in total. The zero-order chi connectivity index (χ0) is 17.1. The van der Waals surface area contributed by atoms with Gasteiger partial charge >= 0.3 is 0 Å². The Hall–Kier alpha value is -2.79. The van der Waals surface area contributed by atoms with Crippen LogP contribution < -0.4 is 4.90 Å². The molecule has 2 aromatic heterocycles. The monoisotopic (exact) mass is 332 g/mol. The molecule has 0 saturated carbocycles. The second-order valence-electron chi connectivity index (χ2n) is 6.14. The number of nitrogens with zero attached hydrogens (tertiary/aromatic N) is 4. The molecule has 0 spiro atoms. The lowest BCUT2D eigenvalue weighted by Crippen LogP contribution is -2.39. The Balaban J connectivity index is 1.62. The normalized spacial score (nSPS) is 17.5. The molecule has 0 unspecified atom stereocenters. The van der Waals surface area contributed by atoms with Crippen molar-refractivity contribution in [1.82, 2.24) is 15.0 Å². The van der Waals surface area contributed by atoms with E-state index in [1.165, 1.54) is 5.56 Å². The summed E-state index contributed by atoms with van der Waals surface area (Å²) in [5, 5.41) is 0. The largest absolute Gasteiger partial charge is 0.370 e. The molecule has 25 heavy (non-hydrogen) atoms. The molecule has 5 nitrogen and oxygen atoms in total. The van der Waals surface area contributed by atoms with E-state index < -0.39 is 0 Å². The lowest BCUT2D eigenvalue weighted by Gasteiger charge is -2.34. The highest BCUT2D eigenvalue weighted by molar-refractivity contribution is 5.57. The molecular weight excluding hydrogens is 312 g/mol. The molecular formula is C20H20N4O. The number of aromatic nitrogens is 3. The SMILES string of the molecule is Cc1cc(N2CCO[C@@H](c3ccccc3)C2)nc(-c2ccncc2)n1. The number of anilines is 1. The molecule has 0 amide bonds. The maximum atomic E-state index is 5.97. The lowest BCUT2D eigenvalue weighted by atomic mass is 10.1. The van der Waals surface area contributed by atoms with Gasteiger partial charge in [0, 0.05) is 42.8 Å². The minimum absolute atomic E-state index is 0.0644. The van der Waals surface area contributed by atoms with E-state index in [9.17, 15) is 0 Å². The van der Waals surface area contributed by atoms with Crippen molar-refractivity contribution in [2.24, 2.45) is 0 Å². The van der Waals surface area contributed by atoms with Crippen molar-refractivity contribution in [1.29, 1.82) is 0 Å². The third-order valence-corrected chi connectivity index (χ3v) is 4.34. The Bertz CT molecular complexity index is 839. The van der Waals surface area contributed by atoms with Crippen molar-refractivity contribution < 1.29 is 4.74 Å². The number of morpholine rings is 1. The summed E-state index contributed by atoms with van der Waals surface area (Å²) in [6.45, 7) is 4.31. The fourth-order valence-corrected chi connectivity index (χ4v) is 3.07. The maximum Gasteiger partial charge on any atom is 0.161 e. The van der Waals surface area contributed by atoms with Gasteiger partial charge in [-0.15, -0.1) is 0 Å². The first kappa shape index (κ1) is 15.7. The van der Waals surface area contributed by atoms with Gasteiger partial charge in [0.2, 0.25) is 0 Å². The quantitative estimate of drug-likeness (QED) is 0.735. The summed E-state index contributed by atoms with van der Waals surface area (Å²) in [6.07, 6.45) is 3.59. The average Bonchev–Trinajstić information content (AvgIpc) is 2.69. The molecule has 0 aliphatic carbocycles. The van der Waals surface area contributed by atoms with E-state index in [1.807, 2.05) is 43.3 Å². The summed E-state index contributed by atoms with van der Waals surface area (Å²) in [7, 11) is 0. The van der Waals surface area contributed by atoms with Crippen LogP contribution in [0.1, 0.15) is 17.4 Å². The fraction of sp³-hybridized carbons (Fsp3) is 0.250. The lowest BCUT2D eigenvalue weighted by molar-refractivity contribution is 0.0395. The van der Waals surface area contributed by atoms with Crippen LogP contribution in [0.2, 0.25) is 0 Å². The van der Waals surface area contributed by atoms with Gasteiger partial charge in [0.25, 0.3) is 0 Å². The minimum atomic E-state index is 0.0644. The molecule has 1 fully saturated rings. The first-order valence-corrected chi connectivity index (χ1v) is 8.47. The van der Waals surface area contributed by atoms with Gasteiger partial charge in [0.1, 0.15) is 11.9 Å². The van der Waals surface area contributed by atoms with Crippen LogP contribution in [0.15, 0.2) is 60.9 Å². The van der Waals surface area contributed by atoms with Crippen molar-refractivity contribution in [2.75, 3.05) is 24.6 Å². The number of hydrogen-bond acceptors (Lipinski definition) is 5. The summed E-state index contributed by atoms with van der Waals surface area (Å²) < 4.78 is 5.97. The number of hydrogen-bond donors (Lipinski definition) is 0. The minimum Gasteiger partial charge on any atom is -0.370 e. The van der Waals surface area contributed by atoms with Crippen LogP contribution in [-0.4, -0.2) is 34.6 Å². The molecule has 126 valence electrons. The molecule has 1 aromatic carbocycles. The molecule has 1 saturated heterocycles. The summed E-state index contributed by atoms with van der Waals surface area (Å²) in [4.78, 5) is 15.7. The molecule has 1 aliphatic rings. The number of ether oxygens (including phenoxy) is 1. The second-order valence-corrected chi connectivity index (χ2v) is 6.14. The standard InChI is InChI=1S/C20H20N4O/c1-15-13-19(23-20(22-15)17-7-9-21-10-8-17)24-11-12-25-18(14-24)16-5-3-2-4-6-16/h2-10,13,18H,11-12,14H2,1H3/t18-/m1/s1. The van der Waals surface area contributed by atoms with Gasteiger partial charge in [0.05, 0.1) is 6.61 Å². The Morgan fingerprint density at radius 2 is 1.84 bits per heavy atom.